The van der Waals surface area contributed by atoms with Crippen LogP contribution in [0.4, 0.5) is 0 Å². The topological polar surface area (TPSA) is 53.6 Å². The van der Waals surface area contributed by atoms with Gasteiger partial charge in [-0.3, -0.25) is 9.69 Å². The number of rotatable bonds is 8. The van der Waals surface area contributed by atoms with Gasteiger partial charge in [0.1, 0.15) is 12.4 Å². The van der Waals surface area contributed by atoms with Crippen molar-refractivity contribution in [3.8, 4) is 5.75 Å². The van der Waals surface area contributed by atoms with Gasteiger partial charge < -0.3 is 15.4 Å². The second-order valence-corrected chi connectivity index (χ2v) is 7.05. The Morgan fingerprint density at radius 1 is 1.14 bits per heavy atom. The minimum absolute atomic E-state index is 0. The molecule has 0 saturated carbocycles. The Hall–Kier alpha value is -1.79. The minimum Gasteiger partial charge on any atom is -0.489 e. The summed E-state index contributed by atoms with van der Waals surface area (Å²) in [6, 6.07) is 15.3. The predicted octanol–water partition coefficient (Wildman–Crippen LogP) is 2.90. The molecule has 2 aromatic rings. The third-order valence-corrected chi connectivity index (χ3v) is 4.94. The second kappa shape index (κ2) is 11.9. The summed E-state index contributed by atoms with van der Waals surface area (Å²) < 4.78 is 5.83. The number of carbonyl (C=O) groups is 1. The van der Waals surface area contributed by atoms with Crippen LogP contribution in [0.15, 0.2) is 48.5 Å². The molecule has 1 saturated heterocycles. The van der Waals surface area contributed by atoms with E-state index in [-0.39, 0.29) is 18.3 Å². The van der Waals surface area contributed by atoms with E-state index in [2.05, 4.69) is 15.5 Å². The molecule has 2 N–H and O–H groups in total. The number of hydrogen-bond donors (Lipinski definition) is 2. The van der Waals surface area contributed by atoms with Gasteiger partial charge in [0.2, 0.25) is 5.91 Å². The highest BCUT2D eigenvalue weighted by Gasteiger charge is 2.10. The molecule has 1 aliphatic rings. The van der Waals surface area contributed by atoms with Gasteiger partial charge in [-0.05, 0) is 23.8 Å². The lowest BCUT2D eigenvalue weighted by Gasteiger charge is -2.27. The van der Waals surface area contributed by atoms with E-state index >= 15 is 0 Å². The monoisotopic (exact) mass is 423 g/mol. The molecule has 0 atom stereocenters. The van der Waals surface area contributed by atoms with Crippen LogP contribution in [-0.2, 0) is 17.8 Å². The van der Waals surface area contributed by atoms with Gasteiger partial charge in [-0.2, -0.15) is 0 Å². The molecule has 0 unspecified atom stereocenters. The number of nitrogens with one attached hydrogen (secondary N) is 2. The lowest BCUT2D eigenvalue weighted by atomic mass is 10.1. The normalized spacial score (nSPS) is 14.2. The lowest BCUT2D eigenvalue weighted by molar-refractivity contribution is -0.120. The average Bonchev–Trinajstić information content (AvgIpc) is 2.68. The molecular weight excluding hydrogens is 397 g/mol. The van der Waals surface area contributed by atoms with E-state index in [1.54, 1.807) is 0 Å². The first-order chi connectivity index (χ1) is 13.2. The van der Waals surface area contributed by atoms with E-state index in [4.69, 9.17) is 16.3 Å². The fourth-order valence-electron chi connectivity index (χ4n) is 3.06. The number of amides is 1. The van der Waals surface area contributed by atoms with Crippen molar-refractivity contribution < 1.29 is 9.53 Å². The maximum absolute atomic E-state index is 12.2. The van der Waals surface area contributed by atoms with Crippen LogP contribution >= 0.6 is 24.0 Å². The smallest absolute Gasteiger partial charge is 0.224 e. The number of ether oxygens (including phenoxy) is 1. The first-order valence-corrected chi connectivity index (χ1v) is 9.73. The lowest BCUT2D eigenvalue weighted by Crippen LogP contribution is -2.46. The molecule has 1 amide bonds. The standard InChI is InChI=1S/C21H26ClN3O2.ClH/c22-20-7-2-1-5-18(20)16-27-19-6-3-4-17(14-19)15-21(26)24-10-13-25-11-8-23-9-12-25;/h1-7,14,23H,8-13,15-16H2,(H,24,26);1H. The SMILES string of the molecule is Cl.O=C(Cc1cccc(OCc2ccccc2Cl)c1)NCCN1CCNCC1. The number of nitrogens with zero attached hydrogens (tertiary/aromatic N) is 1. The van der Waals surface area contributed by atoms with Gasteiger partial charge in [-0.1, -0.05) is 41.9 Å². The summed E-state index contributed by atoms with van der Waals surface area (Å²) >= 11 is 6.16. The Morgan fingerprint density at radius 2 is 1.93 bits per heavy atom. The molecule has 2 aromatic carbocycles. The van der Waals surface area contributed by atoms with E-state index in [1.165, 1.54) is 0 Å². The summed E-state index contributed by atoms with van der Waals surface area (Å²) in [5.74, 6) is 0.773. The fraction of sp³-hybridized carbons (Fsp3) is 0.381. The van der Waals surface area contributed by atoms with E-state index in [1.807, 2.05) is 48.5 Å². The van der Waals surface area contributed by atoms with Crippen molar-refractivity contribution in [2.75, 3.05) is 39.3 Å². The molecule has 1 heterocycles. The van der Waals surface area contributed by atoms with Crippen molar-refractivity contribution in [1.82, 2.24) is 15.5 Å². The van der Waals surface area contributed by atoms with Gasteiger partial charge in [0, 0.05) is 49.9 Å². The zero-order valence-corrected chi connectivity index (χ0v) is 17.4. The molecule has 3 rings (SSSR count). The van der Waals surface area contributed by atoms with Gasteiger partial charge in [0.15, 0.2) is 0 Å². The van der Waals surface area contributed by atoms with Crippen LogP contribution in [0.3, 0.4) is 0 Å². The summed E-state index contributed by atoms with van der Waals surface area (Å²) in [4.78, 5) is 14.6. The van der Waals surface area contributed by atoms with Crippen molar-refractivity contribution in [2.45, 2.75) is 13.0 Å². The highest BCUT2D eigenvalue weighted by Crippen LogP contribution is 2.19. The van der Waals surface area contributed by atoms with E-state index in [0.717, 1.165) is 49.6 Å². The number of carbonyl (C=O) groups excluding carboxylic acids is 1. The third-order valence-electron chi connectivity index (χ3n) is 4.58. The summed E-state index contributed by atoms with van der Waals surface area (Å²) in [6.07, 6.45) is 0.352. The summed E-state index contributed by atoms with van der Waals surface area (Å²) in [5, 5.41) is 7.02. The Morgan fingerprint density at radius 3 is 2.71 bits per heavy atom. The highest BCUT2D eigenvalue weighted by atomic mass is 35.5. The van der Waals surface area contributed by atoms with Crippen molar-refractivity contribution in [3.05, 3.63) is 64.7 Å². The van der Waals surface area contributed by atoms with Crippen molar-refractivity contribution in [2.24, 2.45) is 0 Å². The van der Waals surface area contributed by atoms with Crippen molar-refractivity contribution >= 4 is 29.9 Å². The molecule has 1 fully saturated rings. The summed E-state index contributed by atoms with van der Waals surface area (Å²) in [6.45, 7) is 6.11. The van der Waals surface area contributed by atoms with Crippen LogP contribution in [-0.4, -0.2) is 50.1 Å². The van der Waals surface area contributed by atoms with Crippen LogP contribution in [0.25, 0.3) is 0 Å². The fourth-order valence-corrected chi connectivity index (χ4v) is 3.25. The quantitative estimate of drug-likeness (QED) is 0.685. The van der Waals surface area contributed by atoms with E-state index in [9.17, 15) is 4.79 Å². The zero-order chi connectivity index (χ0) is 18.9. The number of benzene rings is 2. The predicted molar refractivity (Wildman–Crippen MR) is 115 cm³/mol. The Bertz CT molecular complexity index is 752. The van der Waals surface area contributed by atoms with Crippen LogP contribution in [0.5, 0.6) is 5.75 Å². The van der Waals surface area contributed by atoms with Crippen LogP contribution in [0.2, 0.25) is 5.02 Å². The molecule has 0 spiro atoms. The van der Waals surface area contributed by atoms with Gasteiger partial charge >= 0.3 is 0 Å². The Labute approximate surface area is 177 Å². The van der Waals surface area contributed by atoms with Crippen LogP contribution in [0, 0.1) is 0 Å². The second-order valence-electron chi connectivity index (χ2n) is 6.65. The Kier molecular flexibility index (Phi) is 9.58. The first-order valence-electron chi connectivity index (χ1n) is 9.35. The Balaban J connectivity index is 0.00000280. The maximum atomic E-state index is 12.2. The summed E-state index contributed by atoms with van der Waals surface area (Å²) in [7, 11) is 0. The van der Waals surface area contributed by atoms with Crippen molar-refractivity contribution in [3.63, 3.8) is 0 Å². The number of halogens is 2. The van der Waals surface area contributed by atoms with Gasteiger partial charge in [-0.25, -0.2) is 0 Å². The molecule has 0 radical (unpaired) electrons. The largest absolute Gasteiger partial charge is 0.489 e. The van der Waals surface area contributed by atoms with Gasteiger partial charge in [0.05, 0.1) is 6.42 Å². The van der Waals surface area contributed by atoms with Gasteiger partial charge in [0.25, 0.3) is 0 Å². The van der Waals surface area contributed by atoms with E-state index in [0.29, 0.717) is 24.6 Å². The van der Waals surface area contributed by atoms with Crippen molar-refractivity contribution in [1.29, 1.82) is 0 Å². The highest BCUT2D eigenvalue weighted by molar-refractivity contribution is 6.31. The van der Waals surface area contributed by atoms with Gasteiger partial charge in [-0.15, -0.1) is 12.4 Å². The van der Waals surface area contributed by atoms with Crippen LogP contribution < -0.4 is 15.4 Å². The van der Waals surface area contributed by atoms with E-state index < -0.39 is 0 Å². The average molecular weight is 424 g/mol. The minimum atomic E-state index is 0. The maximum Gasteiger partial charge on any atom is 0.224 e. The van der Waals surface area contributed by atoms with Crippen LogP contribution in [0.1, 0.15) is 11.1 Å². The molecule has 0 bridgehead atoms. The molecule has 0 aliphatic carbocycles. The molecule has 7 heteroatoms. The number of hydrogen-bond acceptors (Lipinski definition) is 4. The third kappa shape index (κ3) is 7.32. The number of piperazine rings is 1. The molecule has 152 valence electrons. The molecule has 1 aliphatic heterocycles. The molecule has 0 aromatic heterocycles. The molecular formula is C21H27Cl2N3O2. The summed E-state index contributed by atoms with van der Waals surface area (Å²) in [5.41, 5.74) is 1.88. The zero-order valence-electron chi connectivity index (χ0n) is 15.8. The molecule has 28 heavy (non-hydrogen) atoms. The molecule has 5 nitrogen and oxygen atoms in total. The first kappa shape index (κ1) is 22.5.